The van der Waals surface area contributed by atoms with Crippen LogP contribution in [0.25, 0.3) is 0 Å². The van der Waals surface area contributed by atoms with E-state index in [1.54, 1.807) is 12.1 Å². The number of methoxy groups -OCH3 is 2. The molecule has 27 heavy (non-hydrogen) atoms. The third-order valence-corrected chi connectivity index (χ3v) is 4.15. The van der Waals surface area contributed by atoms with Crippen molar-refractivity contribution in [2.24, 2.45) is 0 Å². The van der Waals surface area contributed by atoms with Crippen molar-refractivity contribution in [1.29, 1.82) is 0 Å². The molecule has 2 amide bonds. The van der Waals surface area contributed by atoms with Gasteiger partial charge in [-0.1, -0.05) is 11.6 Å². The largest absolute Gasteiger partial charge is 0.495 e. The number of nitrogens with zero attached hydrogens (tertiary/aromatic N) is 1. The second-order valence-electron chi connectivity index (χ2n) is 5.59. The van der Waals surface area contributed by atoms with Crippen LogP contribution in [0.4, 0.5) is 10.1 Å². The average Bonchev–Trinajstić information content (AvgIpc) is 2.65. The summed E-state index contributed by atoms with van der Waals surface area (Å²) < 4.78 is 23.4. The monoisotopic (exact) mass is 394 g/mol. The first-order chi connectivity index (χ1) is 12.9. The van der Waals surface area contributed by atoms with Crippen molar-refractivity contribution < 1.29 is 23.5 Å². The van der Waals surface area contributed by atoms with Crippen LogP contribution in [0.2, 0.25) is 5.02 Å². The van der Waals surface area contributed by atoms with Crippen LogP contribution in [-0.4, -0.2) is 39.1 Å². The number of rotatable bonds is 7. The highest BCUT2D eigenvalue weighted by atomic mass is 35.5. The van der Waals surface area contributed by atoms with E-state index in [4.69, 9.17) is 21.1 Å². The topological polar surface area (TPSA) is 67.9 Å². The van der Waals surface area contributed by atoms with Crippen molar-refractivity contribution in [1.82, 2.24) is 5.32 Å². The zero-order valence-corrected chi connectivity index (χ0v) is 16.0. The number of anilines is 1. The SMILES string of the molecule is COc1cc(N(CCNC(=O)c2ccc(F)cc2)C(C)=O)c(OC)cc1Cl. The lowest BCUT2D eigenvalue weighted by Crippen LogP contribution is -2.37. The first-order valence-corrected chi connectivity index (χ1v) is 8.48. The number of hydrogen-bond donors (Lipinski definition) is 1. The standard InChI is InChI=1S/C19H20ClFN2O4/c1-12(24)23(16-11-17(26-2)15(20)10-18(16)27-3)9-8-22-19(25)13-4-6-14(21)7-5-13/h4-7,10-11H,8-9H2,1-3H3,(H,22,25). The van der Waals surface area contributed by atoms with E-state index in [-0.39, 0.29) is 24.9 Å². The lowest BCUT2D eigenvalue weighted by atomic mass is 10.2. The summed E-state index contributed by atoms with van der Waals surface area (Å²) in [6.45, 7) is 1.79. The third-order valence-electron chi connectivity index (χ3n) is 3.85. The fourth-order valence-corrected chi connectivity index (χ4v) is 2.72. The fourth-order valence-electron chi connectivity index (χ4n) is 2.49. The zero-order chi connectivity index (χ0) is 20.0. The van der Waals surface area contributed by atoms with E-state index >= 15 is 0 Å². The summed E-state index contributed by atoms with van der Waals surface area (Å²) in [6, 6.07) is 8.36. The van der Waals surface area contributed by atoms with Gasteiger partial charge in [0.05, 0.1) is 24.9 Å². The molecule has 0 heterocycles. The van der Waals surface area contributed by atoms with Crippen LogP contribution < -0.4 is 19.7 Å². The van der Waals surface area contributed by atoms with E-state index in [1.165, 1.54) is 50.3 Å². The molecule has 0 aliphatic heterocycles. The smallest absolute Gasteiger partial charge is 0.251 e. The van der Waals surface area contributed by atoms with Gasteiger partial charge in [0.1, 0.15) is 17.3 Å². The van der Waals surface area contributed by atoms with Crippen LogP contribution in [0, 0.1) is 5.82 Å². The highest BCUT2D eigenvalue weighted by Crippen LogP contribution is 2.38. The highest BCUT2D eigenvalue weighted by molar-refractivity contribution is 6.32. The van der Waals surface area contributed by atoms with Gasteiger partial charge in [0.2, 0.25) is 5.91 Å². The predicted molar refractivity (Wildman–Crippen MR) is 101 cm³/mol. The van der Waals surface area contributed by atoms with Crippen LogP contribution >= 0.6 is 11.6 Å². The number of halogens is 2. The molecule has 0 saturated heterocycles. The van der Waals surface area contributed by atoms with Crippen molar-refractivity contribution in [3.63, 3.8) is 0 Å². The maximum atomic E-state index is 12.9. The summed E-state index contributed by atoms with van der Waals surface area (Å²) in [6.07, 6.45) is 0. The van der Waals surface area contributed by atoms with Crippen molar-refractivity contribution in [3.05, 3.63) is 52.8 Å². The van der Waals surface area contributed by atoms with E-state index < -0.39 is 5.82 Å². The molecule has 0 spiro atoms. The molecule has 0 fully saturated rings. The van der Waals surface area contributed by atoms with Gasteiger partial charge in [-0.25, -0.2) is 4.39 Å². The summed E-state index contributed by atoms with van der Waals surface area (Å²) >= 11 is 6.10. The molecule has 2 aromatic rings. The molecule has 2 aromatic carbocycles. The van der Waals surface area contributed by atoms with Gasteiger partial charge >= 0.3 is 0 Å². The Kier molecular flexibility index (Phi) is 7.01. The van der Waals surface area contributed by atoms with E-state index in [1.807, 2.05) is 0 Å². The summed E-state index contributed by atoms with van der Waals surface area (Å²) in [7, 11) is 2.94. The zero-order valence-electron chi connectivity index (χ0n) is 15.2. The molecule has 8 heteroatoms. The maximum Gasteiger partial charge on any atom is 0.251 e. The second kappa shape index (κ2) is 9.23. The maximum absolute atomic E-state index is 12.9. The van der Waals surface area contributed by atoms with Gasteiger partial charge < -0.3 is 19.7 Å². The van der Waals surface area contributed by atoms with Gasteiger partial charge in [-0.3, -0.25) is 9.59 Å². The number of hydrogen-bond acceptors (Lipinski definition) is 4. The summed E-state index contributed by atoms with van der Waals surface area (Å²) in [5.41, 5.74) is 0.804. The molecule has 0 unspecified atom stereocenters. The Morgan fingerprint density at radius 1 is 1.11 bits per heavy atom. The van der Waals surface area contributed by atoms with E-state index in [2.05, 4.69) is 5.32 Å². The Labute approximate surface area is 161 Å². The normalized spacial score (nSPS) is 10.3. The van der Waals surface area contributed by atoms with E-state index in [0.29, 0.717) is 27.8 Å². The summed E-state index contributed by atoms with van der Waals surface area (Å²) in [5, 5.41) is 3.05. The average molecular weight is 395 g/mol. The Hall–Kier alpha value is -2.80. The minimum atomic E-state index is -0.418. The van der Waals surface area contributed by atoms with Crippen LogP contribution in [0.3, 0.4) is 0 Å². The van der Waals surface area contributed by atoms with E-state index in [9.17, 15) is 14.0 Å². The minimum Gasteiger partial charge on any atom is -0.495 e. The Balaban J connectivity index is 2.13. The quantitative estimate of drug-likeness (QED) is 0.782. The molecule has 0 saturated carbocycles. The lowest BCUT2D eigenvalue weighted by Gasteiger charge is -2.24. The molecule has 0 aromatic heterocycles. The molecule has 0 aliphatic carbocycles. The second-order valence-corrected chi connectivity index (χ2v) is 6.00. The molecule has 2 rings (SSSR count). The summed E-state index contributed by atoms with van der Waals surface area (Å²) in [4.78, 5) is 25.7. The molecule has 0 atom stereocenters. The first kappa shape index (κ1) is 20.5. The van der Waals surface area contributed by atoms with Gasteiger partial charge in [0.25, 0.3) is 5.91 Å². The molecule has 144 valence electrons. The van der Waals surface area contributed by atoms with Gasteiger partial charge in [0.15, 0.2) is 0 Å². The minimum absolute atomic E-state index is 0.184. The number of nitrogens with one attached hydrogen (secondary N) is 1. The van der Waals surface area contributed by atoms with Crippen LogP contribution in [0.5, 0.6) is 11.5 Å². The van der Waals surface area contributed by atoms with Crippen molar-refractivity contribution in [2.45, 2.75) is 6.92 Å². The van der Waals surface area contributed by atoms with Crippen molar-refractivity contribution in [3.8, 4) is 11.5 Å². The molecule has 0 aliphatic rings. The van der Waals surface area contributed by atoms with Gasteiger partial charge in [-0.05, 0) is 24.3 Å². The number of ether oxygens (including phenoxy) is 2. The molecule has 6 nitrogen and oxygen atoms in total. The molecular formula is C19H20ClFN2O4. The molecule has 1 N–H and O–H groups in total. The van der Waals surface area contributed by atoms with Gasteiger partial charge in [-0.15, -0.1) is 0 Å². The number of amides is 2. The molecule has 0 bridgehead atoms. The number of carbonyl (C=O) groups excluding carboxylic acids is 2. The third kappa shape index (κ3) is 5.10. The van der Waals surface area contributed by atoms with Crippen molar-refractivity contribution >= 4 is 29.1 Å². The summed E-state index contributed by atoms with van der Waals surface area (Å²) in [5.74, 6) is -0.221. The number of carbonyl (C=O) groups is 2. The van der Waals surface area contributed by atoms with Crippen LogP contribution in [-0.2, 0) is 4.79 Å². The van der Waals surface area contributed by atoms with Gasteiger partial charge in [0, 0.05) is 37.7 Å². The van der Waals surface area contributed by atoms with Crippen molar-refractivity contribution in [2.75, 3.05) is 32.2 Å². The van der Waals surface area contributed by atoms with Crippen LogP contribution in [0.1, 0.15) is 17.3 Å². The highest BCUT2D eigenvalue weighted by Gasteiger charge is 2.19. The predicted octanol–water partition coefficient (Wildman–Crippen LogP) is 3.28. The van der Waals surface area contributed by atoms with Gasteiger partial charge in [-0.2, -0.15) is 0 Å². The first-order valence-electron chi connectivity index (χ1n) is 8.10. The van der Waals surface area contributed by atoms with E-state index in [0.717, 1.165) is 0 Å². The molecule has 0 radical (unpaired) electrons. The Morgan fingerprint density at radius 2 is 1.74 bits per heavy atom. The fraction of sp³-hybridized carbons (Fsp3) is 0.263. The Morgan fingerprint density at radius 3 is 2.30 bits per heavy atom. The molecular weight excluding hydrogens is 375 g/mol. The number of benzene rings is 2. The lowest BCUT2D eigenvalue weighted by molar-refractivity contribution is -0.116. The Bertz CT molecular complexity index is 827. The van der Waals surface area contributed by atoms with Crippen LogP contribution in [0.15, 0.2) is 36.4 Å².